The van der Waals surface area contributed by atoms with Gasteiger partial charge in [0.1, 0.15) is 0 Å². The van der Waals surface area contributed by atoms with Crippen molar-refractivity contribution in [3.63, 3.8) is 0 Å². The summed E-state index contributed by atoms with van der Waals surface area (Å²) in [4.78, 5) is 13.8. The quantitative estimate of drug-likeness (QED) is 0.654. The Labute approximate surface area is 85.4 Å². The Morgan fingerprint density at radius 1 is 1.40 bits per heavy atom. The van der Waals surface area contributed by atoms with E-state index in [2.05, 4.69) is 4.98 Å². The van der Waals surface area contributed by atoms with Gasteiger partial charge in [0.05, 0.1) is 17.3 Å². The highest BCUT2D eigenvalue weighted by Crippen LogP contribution is 2.14. The minimum absolute atomic E-state index is 0.303. The Morgan fingerprint density at radius 3 is 2.67 bits per heavy atom. The maximum atomic E-state index is 11.4. The number of benzene rings is 1. The number of anilines is 1. The molecule has 0 aliphatic rings. The van der Waals surface area contributed by atoms with Gasteiger partial charge in [0.15, 0.2) is 0 Å². The van der Waals surface area contributed by atoms with E-state index in [9.17, 15) is 13.2 Å². The summed E-state index contributed by atoms with van der Waals surface area (Å²) in [5.41, 5.74) is 6.00. The lowest BCUT2D eigenvalue weighted by molar-refractivity contribution is 0.593. The number of hydrogen-bond acceptors (Lipinski definition) is 4. The van der Waals surface area contributed by atoms with Crippen molar-refractivity contribution >= 4 is 26.7 Å². The van der Waals surface area contributed by atoms with E-state index in [1.54, 1.807) is 0 Å². The molecule has 0 saturated carbocycles. The predicted octanol–water partition coefficient (Wildman–Crippen LogP) is -0.280. The van der Waals surface area contributed by atoms with Crippen LogP contribution in [-0.4, -0.2) is 23.6 Å². The number of aromatic nitrogens is 2. The highest BCUT2D eigenvalue weighted by atomic mass is 32.2. The maximum absolute atomic E-state index is 11.4. The van der Waals surface area contributed by atoms with Crippen molar-refractivity contribution in [3.8, 4) is 0 Å². The van der Waals surface area contributed by atoms with Crippen LogP contribution in [0.4, 0.5) is 5.69 Å². The van der Waals surface area contributed by atoms with Gasteiger partial charge >= 0.3 is 5.69 Å². The summed E-state index contributed by atoms with van der Waals surface area (Å²) < 4.78 is 23.4. The standard InChI is InChI=1S/C8H9N3O3S/c1-15(13,14)11-7-3-2-5(9)4-6(7)10-8(11)12/h2-4H,9H2,1H3,(H,10,12). The minimum Gasteiger partial charge on any atom is -0.399 e. The molecule has 1 aromatic carbocycles. The van der Waals surface area contributed by atoms with Gasteiger partial charge in [-0.15, -0.1) is 0 Å². The normalized spacial score (nSPS) is 12.1. The molecule has 1 aromatic heterocycles. The van der Waals surface area contributed by atoms with Crippen LogP contribution in [0.3, 0.4) is 0 Å². The highest BCUT2D eigenvalue weighted by Gasteiger charge is 2.14. The average molecular weight is 227 g/mol. The molecule has 0 spiro atoms. The second kappa shape index (κ2) is 2.86. The molecule has 6 nitrogen and oxygen atoms in total. The van der Waals surface area contributed by atoms with Gasteiger partial charge in [-0.3, -0.25) is 0 Å². The van der Waals surface area contributed by atoms with Crippen LogP contribution in [0.5, 0.6) is 0 Å². The summed E-state index contributed by atoms with van der Waals surface area (Å²) in [5, 5.41) is 0. The second-order valence-corrected chi connectivity index (χ2v) is 5.07. The fraction of sp³-hybridized carbons (Fsp3) is 0.125. The Kier molecular flexibility index (Phi) is 1.87. The summed E-state index contributed by atoms with van der Waals surface area (Å²) >= 11 is 0. The van der Waals surface area contributed by atoms with Crippen molar-refractivity contribution in [1.29, 1.82) is 0 Å². The number of imidazole rings is 1. The highest BCUT2D eigenvalue weighted by molar-refractivity contribution is 7.89. The van der Waals surface area contributed by atoms with Crippen LogP contribution in [0.15, 0.2) is 23.0 Å². The van der Waals surface area contributed by atoms with Gasteiger partial charge < -0.3 is 10.7 Å². The Hall–Kier alpha value is -1.76. The third kappa shape index (κ3) is 1.50. The van der Waals surface area contributed by atoms with E-state index in [0.29, 0.717) is 20.7 Å². The topological polar surface area (TPSA) is 98.0 Å². The van der Waals surface area contributed by atoms with Crippen LogP contribution >= 0.6 is 0 Å². The summed E-state index contributed by atoms with van der Waals surface area (Å²) in [7, 11) is -3.60. The van der Waals surface area contributed by atoms with E-state index < -0.39 is 15.7 Å². The van der Waals surface area contributed by atoms with Crippen molar-refractivity contribution in [2.24, 2.45) is 0 Å². The number of nitrogens with zero attached hydrogens (tertiary/aromatic N) is 1. The van der Waals surface area contributed by atoms with Crippen molar-refractivity contribution in [1.82, 2.24) is 8.96 Å². The van der Waals surface area contributed by atoms with Crippen LogP contribution in [-0.2, 0) is 10.0 Å². The lowest BCUT2D eigenvalue weighted by Gasteiger charge is -1.98. The third-order valence-electron chi connectivity index (χ3n) is 2.00. The molecule has 0 radical (unpaired) electrons. The fourth-order valence-corrected chi connectivity index (χ4v) is 2.30. The number of aromatic amines is 1. The van der Waals surface area contributed by atoms with Gasteiger partial charge in [0.2, 0.25) is 10.0 Å². The van der Waals surface area contributed by atoms with Crippen LogP contribution in [0, 0.1) is 0 Å². The first-order valence-corrected chi connectivity index (χ1v) is 5.95. The molecule has 80 valence electrons. The molecule has 0 fully saturated rings. The number of hydrogen-bond donors (Lipinski definition) is 2. The summed E-state index contributed by atoms with van der Waals surface area (Å²) in [6, 6.07) is 4.54. The predicted molar refractivity (Wildman–Crippen MR) is 57.2 cm³/mol. The molecule has 2 rings (SSSR count). The zero-order chi connectivity index (χ0) is 11.2. The molecule has 0 aliphatic carbocycles. The third-order valence-corrected chi connectivity index (χ3v) is 3.02. The minimum atomic E-state index is -3.60. The van der Waals surface area contributed by atoms with Crippen molar-refractivity contribution in [3.05, 3.63) is 28.7 Å². The van der Waals surface area contributed by atoms with Gasteiger partial charge in [0.25, 0.3) is 0 Å². The monoisotopic (exact) mass is 227 g/mol. The first-order chi connectivity index (χ1) is 6.89. The number of nitrogens with two attached hydrogens (primary N) is 1. The number of nitrogens with one attached hydrogen (secondary N) is 1. The lowest BCUT2D eigenvalue weighted by Crippen LogP contribution is -2.23. The van der Waals surface area contributed by atoms with Gasteiger partial charge in [-0.2, -0.15) is 3.97 Å². The zero-order valence-electron chi connectivity index (χ0n) is 7.89. The summed E-state index contributed by atoms with van der Waals surface area (Å²) in [5.74, 6) is 0. The number of fused-ring (bicyclic) bond motifs is 1. The van der Waals surface area contributed by atoms with Crippen LogP contribution in [0.1, 0.15) is 0 Å². The SMILES string of the molecule is CS(=O)(=O)n1c(=O)[nH]c2cc(N)ccc21. The molecule has 2 aromatic rings. The average Bonchev–Trinajstić information content (AvgIpc) is 2.38. The molecule has 7 heteroatoms. The van der Waals surface area contributed by atoms with Crippen molar-refractivity contribution < 1.29 is 8.42 Å². The van der Waals surface area contributed by atoms with E-state index in [-0.39, 0.29) is 0 Å². The summed E-state index contributed by atoms with van der Waals surface area (Å²) in [6.45, 7) is 0. The number of H-pyrrole nitrogens is 1. The van der Waals surface area contributed by atoms with Gasteiger partial charge in [-0.25, -0.2) is 13.2 Å². The van der Waals surface area contributed by atoms with Crippen molar-refractivity contribution in [2.45, 2.75) is 0 Å². The Bertz CT molecular complexity index is 681. The molecule has 0 atom stereocenters. The molecule has 0 saturated heterocycles. The van der Waals surface area contributed by atoms with Gasteiger partial charge in [-0.05, 0) is 18.2 Å². The largest absolute Gasteiger partial charge is 0.399 e. The molecule has 0 amide bonds. The van der Waals surface area contributed by atoms with Crippen LogP contribution < -0.4 is 11.4 Å². The second-order valence-electron chi connectivity index (χ2n) is 3.23. The van der Waals surface area contributed by atoms with Gasteiger partial charge in [-0.1, -0.05) is 0 Å². The molecule has 15 heavy (non-hydrogen) atoms. The molecule has 1 heterocycles. The van der Waals surface area contributed by atoms with E-state index in [4.69, 9.17) is 5.73 Å². The lowest BCUT2D eigenvalue weighted by atomic mass is 10.3. The molecule has 0 bridgehead atoms. The Morgan fingerprint density at radius 2 is 2.07 bits per heavy atom. The number of rotatable bonds is 1. The van der Waals surface area contributed by atoms with Crippen LogP contribution in [0.2, 0.25) is 0 Å². The van der Waals surface area contributed by atoms with Crippen LogP contribution in [0.25, 0.3) is 11.0 Å². The molecule has 0 aliphatic heterocycles. The summed E-state index contributed by atoms with van der Waals surface area (Å²) in [6.07, 6.45) is 0.970. The molecule has 0 unspecified atom stereocenters. The maximum Gasteiger partial charge on any atom is 0.340 e. The molecule has 3 N–H and O–H groups in total. The van der Waals surface area contributed by atoms with E-state index in [1.165, 1.54) is 18.2 Å². The first kappa shape index (κ1) is 9.78. The molecular formula is C8H9N3O3S. The Balaban J connectivity index is 2.99. The zero-order valence-corrected chi connectivity index (χ0v) is 8.71. The van der Waals surface area contributed by atoms with Gasteiger partial charge in [0, 0.05) is 5.69 Å². The van der Waals surface area contributed by atoms with E-state index >= 15 is 0 Å². The van der Waals surface area contributed by atoms with Crippen molar-refractivity contribution in [2.75, 3.05) is 12.0 Å². The first-order valence-electron chi connectivity index (χ1n) is 4.10. The smallest absolute Gasteiger partial charge is 0.340 e. The fourth-order valence-electron chi connectivity index (χ4n) is 1.44. The van der Waals surface area contributed by atoms with E-state index in [0.717, 1.165) is 6.26 Å². The molecular weight excluding hydrogens is 218 g/mol. The number of nitrogen functional groups attached to an aromatic ring is 1. The van der Waals surface area contributed by atoms with E-state index in [1.807, 2.05) is 0 Å².